The van der Waals surface area contributed by atoms with E-state index in [1.807, 2.05) is 0 Å². The minimum absolute atomic E-state index is 0.226. The highest BCUT2D eigenvalue weighted by Crippen LogP contribution is 2.39. The molecule has 0 radical (unpaired) electrons. The summed E-state index contributed by atoms with van der Waals surface area (Å²) in [6.45, 7) is 1.68. The van der Waals surface area contributed by atoms with Gasteiger partial charge >= 0.3 is 5.97 Å². The highest BCUT2D eigenvalue weighted by molar-refractivity contribution is 5.97. The van der Waals surface area contributed by atoms with Crippen molar-refractivity contribution in [3.63, 3.8) is 0 Å². The number of carboxylic acid groups (broad SMARTS) is 1. The molecule has 3 rings (SSSR count). The molecule has 7 heteroatoms. The molecule has 1 saturated carbocycles. The van der Waals surface area contributed by atoms with E-state index < -0.39 is 17.8 Å². The number of aromatic nitrogens is 2. The smallest absolute Gasteiger partial charge is 0.307 e. The maximum Gasteiger partial charge on any atom is 0.307 e. The summed E-state index contributed by atoms with van der Waals surface area (Å²) < 4.78 is 1.77. The molecule has 2 aliphatic rings. The summed E-state index contributed by atoms with van der Waals surface area (Å²) in [7, 11) is 0. The zero-order valence-corrected chi connectivity index (χ0v) is 9.67. The standard InChI is InChI=1S/C11H14N4O3/c16-10(7-3-8(7)11(17)18)14-9-1-2-13-15(9)6-4-12-5-6/h1-2,6-8,12H,3-5H2,(H,14,16)(H,17,18)/t7-,8+/m0/s1. The van der Waals surface area contributed by atoms with Crippen LogP contribution in [0.5, 0.6) is 0 Å². The third-order valence-corrected chi connectivity index (χ3v) is 3.47. The van der Waals surface area contributed by atoms with E-state index in [1.165, 1.54) is 0 Å². The van der Waals surface area contributed by atoms with Crippen molar-refractivity contribution in [3.05, 3.63) is 12.3 Å². The Hall–Kier alpha value is -1.89. The Morgan fingerprint density at radius 2 is 2.22 bits per heavy atom. The Morgan fingerprint density at radius 1 is 1.44 bits per heavy atom. The summed E-state index contributed by atoms with van der Waals surface area (Å²) in [4.78, 5) is 22.5. The predicted molar refractivity (Wildman–Crippen MR) is 62.0 cm³/mol. The summed E-state index contributed by atoms with van der Waals surface area (Å²) in [5.74, 6) is -1.40. The molecule has 1 aliphatic carbocycles. The number of hydrogen-bond donors (Lipinski definition) is 3. The molecule has 1 saturated heterocycles. The van der Waals surface area contributed by atoms with Crippen molar-refractivity contribution in [1.29, 1.82) is 0 Å². The fourth-order valence-electron chi connectivity index (χ4n) is 2.13. The first-order valence-electron chi connectivity index (χ1n) is 5.94. The first-order valence-corrected chi connectivity index (χ1v) is 5.94. The summed E-state index contributed by atoms with van der Waals surface area (Å²) >= 11 is 0. The second kappa shape index (κ2) is 4.09. The fraction of sp³-hybridized carbons (Fsp3) is 0.545. The Labute approximate surface area is 103 Å². The molecule has 7 nitrogen and oxygen atoms in total. The number of nitrogens with zero attached hydrogens (tertiary/aromatic N) is 2. The molecule has 1 aromatic rings. The second-order valence-electron chi connectivity index (χ2n) is 4.75. The van der Waals surface area contributed by atoms with Gasteiger partial charge in [0.25, 0.3) is 0 Å². The lowest BCUT2D eigenvalue weighted by Gasteiger charge is -2.28. The van der Waals surface area contributed by atoms with Crippen LogP contribution in [0.3, 0.4) is 0 Å². The average molecular weight is 250 g/mol. The van der Waals surface area contributed by atoms with Gasteiger partial charge in [-0.3, -0.25) is 9.59 Å². The molecule has 0 spiro atoms. The van der Waals surface area contributed by atoms with Crippen LogP contribution in [0.15, 0.2) is 12.3 Å². The SMILES string of the molecule is O=C(Nc1ccnn1C1CNC1)[C@H]1C[C@H]1C(=O)O. The predicted octanol–water partition coefficient (Wildman–Crippen LogP) is -0.313. The van der Waals surface area contributed by atoms with Crippen molar-refractivity contribution in [3.8, 4) is 0 Å². The number of anilines is 1. The van der Waals surface area contributed by atoms with Crippen molar-refractivity contribution >= 4 is 17.7 Å². The van der Waals surface area contributed by atoms with Gasteiger partial charge in [0.15, 0.2) is 0 Å². The van der Waals surface area contributed by atoms with Crippen LogP contribution >= 0.6 is 0 Å². The highest BCUT2D eigenvalue weighted by atomic mass is 16.4. The number of hydrogen-bond acceptors (Lipinski definition) is 4. The lowest BCUT2D eigenvalue weighted by Crippen LogP contribution is -2.44. The van der Waals surface area contributed by atoms with E-state index in [0.29, 0.717) is 12.2 Å². The molecule has 0 unspecified atom stereocenters. The van der Waals surface area contributed by atoms with E-state index in [9.17, 15) is 9.59 Å². The number of rotatable bonds is 4. The van der Waals surface area contributed by atoms with Gasteiger partial charge in [-0.2, -0.15) is 5.10 Å². The average Bonchev–Trinajstić information content (AvgIpc) is 2.95. The normalized spacial score (nSPS) is 26.4. The van der Waals surface area contributed by atoms with Gasteiger partial charge in [0.05, 0.1) is 24.1 Å². The third kappa shape index (κ3) is 1.86. The number of carbonyl (C=O) groups is 2. The van der Waals surface area contributed by atoms with Gasteiger partial charge in [-0.25, -0.2) is 4.68 Å². The molecule has 1 aliphatic heterocycles. The van der Waals surface area contributed by atoms with E-state index in [0.717, 1.165) is 13.1 Å². The van der Waals surface area contributed by atoms with Crippen LogP contribution in [0.1, 0.15) is 12.5 Å². The molecule has 2 heterocycles. The van der Waals surface area contributed by atoms with Crippen molar-refractivity contribution in [2.45, 2.75) is 12.5 Å². The largest absolute Gasteiger partial charge is 0.481 e. The van der Waals surface area contributed by atoms with Crippen LogP contribution in [0.25, 0.3) is 0 Å². The first-order chi connectivity index (χ1) is 8.66. The molecular formula is C11H14N4O3. The molecule has 2 atom stereocenters. The second-order valence-corrected chi connectivity index (χ2v) is 4.75. The van der Waals surface area contributed by atoms with Crippen LogP contribution in [-0.2, 0) is 9.59 Å². The van der Waals surface area contributed by atoms with Crippen molar-refractivity contribution in [1.82, 2.24) is 15.1 Å². The summed E-state index contributed by atoms with van der Waals surface area (Å²) in [6.07, 6.45) is 2.07. The minimum Gasteiger partial charge on any atom is -0.481 e. The minimum atomic E-state index is -0.896. The number of carbonyl (C=O) groups excluding carboxylic acids is 1. The molecule has 1 aromatic heterocycles. The Morgan fingerprint density at radius 3 is 2.78 bits per heavy atom. The van der Waals surface area contributed by atoms with Gasteiger partial charge in [-0.15, -0.1) is 0 Å². The van der Waals surface area contributed by atoms with Gasteiger partial charge in [-0.1, -0.05) is 0 Å². The summed E-state index contributed by atoms with van der Waals surface area (Å²) in [5.41, 5.74) is 0. The van der Waals surface area contributed by atoms with Crippen molar-refractivity contribution in [2.24, 2.45) is 11.8 Å². The summed E-state index contributed by atoms with van der Waals surface area (Å²) in [5, 5.41) is 18.8. The zero-order valence-electron chi connectivity index (χ0n) is 9.67. The maximum atomic E-state index is 11.8. The first kappa shape index (κ1) is 11.2. The molecule has 3 N–H and O–H groups in total. The lowest BCUT2D eigenvalue weighted by molar-refractivity contribution is -0.139. The molecule has 96 valence electrons. The Balaban J connectivity index is 1.64. The number of nitrogens with one attached hydrogen (secondary N) is 2. The van der Waals surface area contributed by atoms with Crippen LogP contribution < -0.4 is 10.6 Å². The van der Waals surface area contributed by atoms with Gasteiger partial charge in [-0.05, 0) is 6.42 Å². The van der Waals surface area contributed by atoms with Crippen LogP contribution in [0.4, 0.5) is 5.82 Å². The number of aliphatic carboxylic acids is 1. The lowest BCUT2D eigenvalue weighted by atomic mass is 10.2. The highest BCUT2D eigenvalue weighted by Gasteiger charge is 2.48. The van der Waals surface area contributed by atoms with Gasteiger partial charge in [0, 0.05) is 19.2 Å². The third-order valence-electron chi connectivity index (χ3n) is 3.47. The Bertz CT molecular complexity index is 494. The van der Waals surface area contributed by atoms with E-state index in [-0.39, 0.29) is 11.9 Å². The van der Waals surface area contributed by atoms with Gasteiger partial charge in [0.1, 0.15) is 5.82 Å². The molecule has 0 bridgehead atoms. The van der Waals surface area contributed by atoms with Crippen LogP contribution in [0.2, 0.25) is 0 Å². The van der Waals surface area contributed by atoms with Crippen molar-refractivity contribution < 1.29 is 14.7 Å². The van der Waals surface area contributed by atoms with Crippen LogP contribution in [-0.4, -0.2) is 39.9 Å². The fourth-order valence-corrected chi connectivity index (χ4v) is 2.13. The number of carboxylic acids is 1. The van der Waals surface area contributed by atoms with Crippen LogP contribution in [0, 0.1) is 11.8 Å². The number of amides is 1. The van der Waals surface area contributed by atoms with Crippen molar-refractivity contribution in [2.75, 3.05) is 18.4 Å². The maximum absolute atomic E-state index is 11.8. The van der Waals surface area contributed by atoms with E-state index in [2.05, 4.69) is 15.7 Å². The molecule has 0 aromatic carbocycles. The van der Waals surface area contributed by atoms with E-state index >= 15 is 0 Å². The van der Waals surface area contributed by atoms with E-state index in [4.69, 9.17) is 5.11 Å². The molecule has 18 heavy (non-hydrogen) atoms. The molecule has 1 amide bonds. The topological polar surface area (TPSA) is 96.3 Å². The van der Waals surface area contributed by atoms with Gasteiger partial charge in [0.2, 0.25) is 5.91 Å². The Kier molecular flexibility index (Phi) is 2.55. The quantitative estimate of drug-likeness (QED) is 0.681. The monoisotopic (exact) mass is 250 g/mol. The van der Waals surface area contributed by atoms with E-state index in [1.54, 1.807) is 16.9 Å². The molecule has 2 fully saturated rings. The van der Waals surface area contributed by atoms with Gasteiger partial charge < -0.3 is 15.7 Å². The molecular weight excluding hydrogens is 236 g/mol. The summed E-state index contributed by atoms with van der Waals surface area (Å²) in [6, 6.07) is 2.00. The zero-order chi connectivity index (χ0) is 12.7.